The summed E-state index contributed by atoms with van der Waals surface area (Å²) in [5, 5.41) is 0. The summed E-state index contributed by atoms with van der Waals surface area (Å²) in [7, 11) is 0. The molecule has 0 bridgehead atoms. The van der Waals surface area contributed by atoms with E-state index in [2.05, 4.69) is 5.43 Å². The third-order valence-corrected chi connectivity index (χ3v) is 3.15. The van der Waals surface area contributed by atoms with E-state index in [0.29, 0.717) is 6.42 Å². The van der Waals surface area contributed by atoms with Crippen molar-refractivity contribution in [1.82, 2.24) is 5.43 Å². The van der Waals surface area contributed by atoms with Gasteiger partial charge in [0.25, 0.3) is 0 Å². The SMILES string of the molecule is Cc1ccc(CCC(CCCC(F)(F)F)NN)cc1. The first-order valence-corrected chi connectivity index (χ1v) is 6.49. The predicted octanol–water partition coefficient (Wildman–Crippen LogP) is 3.49. The van der Waals surface area contributed by atoms with E-state index in [-0.39, 0.29) is 12.5 Å². The largest absolute Gasteiger partial charge is 0.389 e. The fourth-order valence-corrected chi connectivity index (χ4v) is 1.96. The Bertz CT molecular complexity index is 360. The lowest BCUT2D eigenvalue weighted by molar-refractivity contribution is -0.135. The topological polar surface area (TPSA) is 38.0 Å². The summed E-state index contributed by atoms with van der Waals surface area (Å²) >= 11 is 0. The highest BCUT2D eigenvalue weighted by Crippen LogP contribution is 2.23. The number of halogens is 3. The Labute approximate surface area is 112 Å². The Morgan fingerprint density at radius 3 is 2.32 bits per heavy atom. The first kappa shape index (κ1) is 16.0. The number of benzene rings is 1. The highest BCUT2D eigenvalue weighted by atomic mass is 19.4. The van der Waals surface area contributed by atoms with Gasteiger partial charge in [-0.2, -0.15) is 13.2 Å². The number of aryl methyl sites for hydroxylation is 2. The second kappa shape index (κ2) is 7.50. The molecule has 1 aromatic rings. The summed E-state index contributed by atoms with van der Waals surface area (Å²) in [6, 6.07) is 8.08. The summed E-state index contributed by atoms with van der Waals surface area (Å²) in [5.74, 6) is 5.38. The van der Waals surface area contributed by atoms with Gasteiger partial charge in [0.05, 0.1) is 0 Å². The van der Waals surface area contributed by atoms with Crippen LogP contribution in [-0.2, 0) is 6.42 Å². The molecule has 1 aromatic carbocycles. The fraction of sp³-hybridized carbons (Fsp3) is 0.571. The lowest BCUT2D eigenvalue weighted by Gasteiger charge is -2.16. The van der Waals surface area contributed by atoms with Gasteiger partial charge in [-0.15, -0.1) is 0 Å². The van der Waals surface area contributed by atoms with Gasteiger partial charge >= 0.3 is 6.18 Å². The van der Waals surface area contributed by atoms with E-state index in [4.69, 9.17) is 5.84 Å². The fourth-order valence-electron chi connectivity index (χ4n) is 1.96. The molecule has 5 heteroatoms. The van der Waals surface area contributed by atoms with Crippen LogP contribution < -0.4 is 11.3 Å². The highest BCUT2D eigenvalue weighted by molar-refractivity contribution is 5.21. The van der Waals surface area contributed by atoms with Crippen molar-refractivity contribution in [1.29, 1.82) is 0 Å². The van der Waals surface area contributed by atoms with Crippen molar-refractivity contribution in [3.05, 3.63) is 35.4 Å². The predicted molar refractivity (Wildman–Crippen MR) is 70.5 cm³/mol. The van der Waals surface area contributed by atoms with Crippen LogP contribution in [0.1, 0.15) is 36.8 Å². The third-order valence-electron chi connectivity index (χ3n) is 3.15. The Morgan fingerprint density at radius 1 is 1.16 bits per heavy atom. The van der Waals surface area contributed by atoms with Crippen molar-refractivity contribution in [2.75, 3.05) is 0 Å². The number of hydrogen-bond acceptors (Lipinski definition) is 2. The molecule has 0 aromatic heterocycles. The van der Waals surface area contributed by atoms with Gasteiger partial charge in [-0.3, -0.25) is 11.3 Å². The number of alkyl halides is 3. The smallest absolute Gasteiger partial charge is 0.271 e. The second-order valence-electron chi connectivity index (χ2n) is 4.90. The molecule has 0 heterocycles. The molecule has 1 unspecified atom stereocenters. The molecule has 0 saturated heterocycles. The first-order chi connectivity index (χ1) is 8.90. The first-order valence-electron chi connectivity index (χ1n) is 6.49. The normalized spacial score (nSPS) is 13.5. The average molecular weight is 274 g/mol. The van der Waals surface area contributed by atoms with Gasteiger partial charge in [0.1, 0.15) is 0 Å². The quantitative estimate of drug-likeness (QED) is 0.590. The maximum absolute atomic E-state index is 12.0. The van der Waals surface area contributed by atoms with Crippen LogP contribution in [0.15, 0.2) is 24.3 Å². The number of hydrogen-bond donors (Lipinski definition) is 2. The molecule has 0 saturated carbocycles. The molecule has 0 aliphatic rings. The minimum Gasteiger partial charge on any atom is -0.271 e. The summed E-state index contributed by atoms with van der Waals surface area (Å²) in [6.07, 6.45) is -2.68. The highest BCUT2D eigenvalue weighted by Gasteiger charge is 2.26. The number of nitrogens with two attached hydrogens (primary N) is 1. The van der Waals surface area contributed by atoms with Crippen LogP contribution in [0.25, 0.3) is 0 Å². The van der Waals surface area contributed by atoms with E-state index >= 15 is 0 Å². The van der Waals surface area contributed by atoms with E-state index in [1.165, 1.54) is 11.1 Å². The Kier molecular flexibility index (Phi) is 6.31. The molecule has 3 N–H and O–H groups in total. The molecule has 0 spiro atoms. The van der Waals surface area contributed by atoms with Crippen molar-refractivity contribution in [2.24, 2.45) is 5.84 Å². The number of hydrazine groups is 1. The maximum atomic E-state index is 12.0. The molecular weight excluding hydrogens is 253 g/mol. The molecule has 0 radical (unpaired) electrons. The zero-order valence-electron chi connectivity index (χ0n) is 11.1. The second-order valence-corrected chi connectivity index (χ2v) is 4.90. The monoisotopic (exact) mass is 274 g/mol. The van der Waals surface area contributed by atoms with E-state index < -0.39 is 12.6 Å². The van der Waals surface area contributed by atoms with Crippen molar-refractivity contribution in [3.63, 3.8) is 0 Å². The van der Waals surface area contributed by atoms with Crippen molar-refractivity contribution in [3.8, 4) is 0 Å². The van der Waals surface area contributed by atoms with Gasteiger partial charge in [-0.25, -0.2) is 0 Å². The number of rotatable bonds is 7. The summed E-state index contributed by atoms with van der Waals surface area (Å²) < 4.78 is 36.1. The molecule has 0 amide bonds. The molecule has 2 nitrogen and oxygen atoms in total. The van der Waals surface area contributed by atoms with Crippen molar-refractivity contribution in [2.45, 2.75) is 51.2 Å². The molecule has 0 aliphatic heterocycles. The summed E-state index contributed by atoms with van der Waals surface area (Å²) in [6.45, 7) is 2.02. The van der Waals surface area contributed by atoms with Crippen molar-refractivity contribution < 1.29 is 13.2 Å². The van der Waals surface area contributed by atoms with E-state index in [0.717, 1.165) is 12.8 Å². The zero-order chi connectivity index (χ0) is 14.3. The van der Waals surface area contributed by atoms with Gasteiger partial charge in [-0.1, -0.05) is 29.8 Å². The Morgan fingerprint density at radius 2 is 1.79 bits per heavy atom. The molecule has 0 aliphatic carbocycles. The zero-order valence-corrected chi connectivity index (χ0v) is 11.1. The molecule has 1 rings (SSSR count). The van der Waals surface area contributed by atoms with Gasteiger partial charge in [0.15, 0.2) is 0 Å². The van der Waals surface area contributed by atoms with Gasteiger partial charge in [0, 0.05) is 12.5 Å². The number of nitrogens with one attached hydrogen (secondary N) is 1. The molecule has 0 fully saturated rings. The van der Waals surface area contributed by atoms with Crippen LogP contribution in [0.5, 0.6) is 0 Å². The van der Waals surface area contributed by atoms with Crippen LogP contribution in [0.3, 0.4) is 0 Å². The molecule has 19 heavy (non-hydrogen) atoms. The standard InChI is InChI=1S/C14H21F3N2/c1-11-4-6-12(7-5-11)8-9-13(19-18)3-2-10-14(15,16)17/h4-7,13,19H,2-3,8-10,18H2,1H3. The molecular formula is C14H21F3N2. The van der Waals surface area contributed by atoms with Crippen LogP contribution in [0, 0.1) is 6.92 Å². The van der Waals surface area contributed by atoms with Gasteiger partial charge < -0.3 is 0 Å². The van der Waals surface area contributed by atoms with E-state index in [1.807, 2.05) is 31.2 Å². The lowest BCUT2D eigenvalue weighted by atomic mass is 10.0. The minimum atomic E-state index is -4.07. The van der Waals surface area contributed by atoms with Gasteiger partial charge in [0.2, 0.25) is 0 Å². The lowest BCUT2D eigenvalue weighted by Crippen LogP contribution is -2.35. The van der Waals surface area contributed by atoms with Crippen LogP contribution >= 0.6 is 0 Å². The molecule has 1 atom stereocenters. The average Bonchev–Trinajstić information content (AvgIpc) is 2.34. The molecule has 108 valence electrons. The maximum Gasteiger partial charge on any atom is 0.389 e. The van der Waals surface area contributed by atoms with E-state index in [1.54, 1.807) is 0 Å². The Hall–Kier alpha value is -1.07. The minimum absolute atomic E-state index is 0.0661. The van der Waals surface area contributed by atoms with Crippen molar-refractivity contribution >= 4 is 0 Å². The third kappa shape index (κ3) is 7.18. The van der Waals surface area contributed by atoms with Crippen LogP contribution in [0.2, 0.25) is 0 Å². The summed E-state index contributed by atoms with van der Waals surface area (Å²) in [4.78, 5) is 0. The van der Waals surface area contributed by atoms with Gasteiger partial charge in [-0.05, 0) is 38.2 Å². The van der Waals surface area contributed by atoms with E-state index in [9.17, 15) is 13.2 Å². The Balaban J connectivity index is 2.30. The summed E-state index contributed by atoms with van der Waals surface area (Å²) in [5.41, 5.74) is 4.98. The van der Waals surface area contributed by atoms with Crippen LogP contribution in [0.4, 0.5) is 13.2 Å². The van der Waals surface area contributed by atoms with Crippen LogP contribution in [-0.4, -0.2) is 12.2 Å².